The van der Waals surface area contributed by atoms with Crippen LogP contribution in [0.1, 0.15) is 35.1 Å². The topological polar surface area (TPSA) is 59.6 Å². The molecule has 0 saturated heterocycles. The highest BCUT2D eigenvalue weighted by molar-refractivity contribution is 5.90. The van der Waals surface area contributed by atoms with E-state index in [4.69, 9.17) is 9.47 Å². The van der Waals surface area contributed by atoms with Gasteiger partial charge in [-0.25, -0.2) is 9.18 Å². The molecule has 1 aliphatic carbocycles. The number of benzene rings is 2. The van der Waals surface area contributed by atoms with E-state index in [1.807, 2.05) is 12.1 Å². The smallest absolute Gasteiger partial charge is 0.319 e. The van der Waals surface area contributed by atoms with Crippen molar-refractivity contribution in [1.82, 2.24) is 5.32 Å². The number of hydrogen-bond donors (Lipinski definition) is 2. The van der Waals surface area contributed by atoms with Crippen molar-refractivity contribution >= 4 is 11.7 Å². The van der Waals surface area contributed by atoms with Crippen LogP contribution in [-0.4, -0.2) is 19.4 Å². The van der Waals surface area contributed by atoms with E-state index in [-0.39, 0.29) is 18.6 Å². The SMILES string of the molecule is O=C(NCCc1cc(F)cc2c1OCOC2)Nc1cccc2c1CCCC2. The predicted molar refractivity (Wildman–Crippen MR) is 100 cm³/mol. The Morgan fingerprint density at radius 3 is 2.96 bits per heavy atom. The van der Waals surface area contributed by atoms with Crippen molar-refractivity contribution in [2.24, 2.45) is 0 Å². The van der Waals surface area contributed by atoms with Crippen LogP contribution in [0, 0.1) is 5.82 Å². The zero-order valence-electron chi connectivity index (χ0n) is 15.1. The highest BCUT2D eigenvalue weighted by Crippen LogP contribution is 2.30. The molecule has 2 amide bonds. The van der Waals surface area contributed by atoms with E-state index in [9.17, 15) is 9.18 Å². The molecular weight excluding hydrogens is 347 g/mol. The summed E-state index contributed by atoms with van der Waals surface area (Å²) < 4.78 is 24.5. The lowest BCUT2D eigenvalue weighted by Gasteiger charge is -2.21. The minimum absolute atomic E-state index is 0.165. The number of hydrogen-bond acceptors (Lipinski definition) is 3. The molecule has 0 spiro atoms. The molecule has 142 valence electrons. The summed E-state index contributed by atoms with van der Waals surface area (Å²) in [6.07, 6.45) is 4.91. The average molecular weight is 370 g/mol. The zero-order chi connectivity index (χ0) is 18.6. The van der Waals surface area contributed by atoms with E-state index in [0.717, 1.165) is 30.5 Å². The second-order valence-corrected chi connectivity index (χ2v) is 6.95. The molecule has 6 heteroatoms. The van der Waals surface area contributed by atoms with Crippen molar-refractivity contribution in [3.63, 3.8) is 0 Å². The summed E-state index contributed by atoms with van der Waals surface area (Å²) >= 11 is 0. The van der Waals surface area contributed by atoms with Gasteiger partial charge in [0.05, 0.1) is 6.61 Å². The molecule has 2 N–H and O–H groups in total. The molecule has 0 fully saturated rings. The third-order valence-corrected chi connectivity index (χ3v) is 5.08. The highest BCUT2D eigenvalue weighted by atomic mass is 19.1. The van der Waals surface area contributed by atoms with Gasteiger partial charge >= 0.3 is 6.03 Å². The van der Waals surface area contributed by atoms with Crippen molar-refractivity contribution in [2.75, 3.05) is 18.7 Å². The van der Waals surface area contributed by atoms with Crippen molar-refractivity contribution < 1.29 is 18.7 Å². The molecule has 1 aliphatic heterocycles. The molecule has 0 unspecified atom stereocenters. The molecule has 0 atom stereocenters. The summed E-state index contributed by atoms with van der Waals surface area (Å²) in [6, 6.07) is 8.70. The number of carbonyl (C=O) groups is 1. The van der Waals surface area contributed by atoms with Gasteiger partial charge in [-0.15, -0.1) is 0 Å². The van der Waals surface area contributed by atoms with Crippen LogP contribution in [0.3, 0.4) is 0 Å². The molecule has 5 nitrogen and oxygen atoms in total. The Morgan fingerprint density at radius 2 is 2.04 bits per heavy atom. The molecule has 2 aromatic carbocycles. The molecule has 2 aromatic rings. The molecule has 0 aromatic heterocycles. The van der Waals surface area contributed by atoms with Crippen LogP contribution in [0.4, 0.5) is 14.9 Å². The number of rotatable bonds is 4. The van der Waals surface area contributed by atoms with E-state index in [1.165, 1.54) is 29.7 Å². The van der Waals surface area contributed by atoms with Crippen molar-refractivity contribution in [1.29, 1.82) is 0 Å². The second-order valence-electron chi connectivity index (χ2n) is 6.95. The van der Waals surface area contributed by atoms with E-state index < -0.39 is 0 Å². The largest absolute Gasteiger partial charge is 0.467 e. The first-order valence-electron chi connectivity index (χ1n) is 9.38. The standard InChI is InChI=1S/C21H23FN2O3/c22-17-10-15(20-16(11-17)12-26-13-27-20)8-9-23-21(25)24-19-7-3-5-14-4-1-2-6-18(14)19/h3,5,7,10-11H,1-2,4,6,8-9,12-13H2,(H2,23,24,25). The number of fused-ring (bicyclic) bond motifs is 2. The first kappa shape index (κ1) is 17.8. The fraction of sp³-hybridized carbons (Fsp3) is 0.381. The van der Waals surface area contributed by atoms with E-state index in [0.29, 0.717) is 30.9 Å². The maximum Gasteiger partial charge on any atom is 0.319 e. The van der Waals surface area contributed by atoms with E-state index >= 15 is 0 Å². The van der Waals surface area contributed by atoms with E-state index in [2.05, 4.69) is 16.7 Å². The molecule has 0 saturated carbocycles. The van der Waals surface area contributed by atoms with Crippen LogP contribution in [0.15, 0.2) is 30.3 Å². The van der Waals surface area contributed by atoms with E-state index in [1.54, 1.807) is 0 Å². The maximum absolute atomic E-state index is 13.8. The van der Waals surface area contributed by atoms with Crippen LogP contribution >= 0.6 is 0 Å². The average Bonchev–Trinajstić information content (AvgIpc) is 2.68. The Labute approximate surface area is 157 Å². The third kappa shape index (κ3) is 4.06. The number of anilines is 1. The fourth-order valence-corrected chi connectivity index (χ4v) is 3.82. The van der Waals surface area contributed by atoms with Crippen molar-refractivity contribution in [2.45, 2.75) is 38.7 Å². The number of aryl methyl sites for hydroxylation is 1. The molecule has 0 bridgehead atoms. The Balaban J connectivity index is 1.36. The van der Waals surface area contributed by atoms with Gasteiger partial charge in [-0.2, -0.15) is 0 Å². The van der Waals surface area contributed by atoms with Crippen LogP contribution < -0.4 is 15.4 Å². The van der Waals surface area contributed by atoms with Gasteiger partial charge in [-0.05, 0) is 67.0 Å². The maximum atomic E-state index is 13.8. The zero-order valence-corrected chi connectivity index (χ0v) is 15.1. The number of carbonyl (C=O) groups excluding carboxylic acids is 1. The Hall–Kier alpha value is -2.60. The van der Waals surface area contributed by atoms with Gasteiger partial charge in [0.25, 0.3) is 0 Å². The van der Waals surface area contributed by atoms with Gasteiger partial charge < -0.3 is 20.1 Å². The van der Waals surface area contributed by atoms with Gasteiger partial charge in [0, 0.05) is 17.8 Å². The monoisotopic (exact) mass is 370 g/mol. The Bertz CT molecular complexity index is 854. The summed E-state index contributed by atoms with van der Waals surface area (Å²) in [5.74, 6) is 0.347. The minimum atomic E-state index is -0.321. The molecule has 2 aliphatic rings. The molecular formula is C21H23FN2O3. The van der Waals surface area contributed by atoms with Crippen molar-refractivity contribution in [3.05, 3.63) is 58.4 Å². The molecule has 1 heterocycles. The van der Waals surface area contributed by atoms with Crippen LogP contribution in [0.2, 0.25) is 0 Å². The lowest BCUT2D eigenvalue weighted by Crippen LogP contribution is -2.31. The Kier molecular flexibility index (Phi) is 5.25. The molecule has 4 rings (SSSR count). The summed E-state index contributed by atoms with van der Waals surface area (Å²) in [5.41, 5.74) is 4.90. The Morgan fingerprint density at radius 1 is 1.15 bits per heavy atom. The van der Waals surface area contributed by atoms with Gasteiger partial charge in [-0.1, -0.05) is 12.1 Å². The van der Waals surface area contributed by atoms with Gasteiger partial charge in [0.15, 0.2) is 6.79 Å². The molecule has 0 radical (unpaired) electrons. The molecule has 27 heavy (non-hydrogen) atoms. The first-order chi connectivity index (χ1) is 13.2. The summed E-state index contributed by atoms with van der Waals surface area (Å²) in [4.78, 5) is 12.3. The van der Waals surface area contributed by atoms with Gasteiger partial charge in [0.1, 0.15) is 11.6 Å². The fourth-order valence-electron chi connectivity index (χ4n) is 3.82. The summed E-state index contributed by atoms with van der Waals surface area (Å²) in [5, 5.41) is 5.81. The third-order valence-electron chi connectivity index (χ3n) is 5.08. The summed E-state index contributed by atoms with van der Waals surface area (Å²) in [6.45, 7) is 0.896. The van der Waals surface area contributed by atoms with Crippen LogP contribution in [0.5, 0.6) is 5.75 Å². The van der Waals surface area contributed by atoms with Crippen LogP contribution in [-0.2, 0) is 30.6 Å². The lowest BCUT2D eigenvalue weighted by molar-refractivity contribution is -0.0172. The number of nitrogens with one attached hydrogen (secondary N) is 2. The minimum Gasteiger partial charge on any atom is -0.467 e. The second kappa shape index (κ2) is 7.96. The lowest BCUT2D eigenvalue weighted by atomic mass is 9.90. The predicted octanol–water partition coefficient (Wildman–Crippen LogP) is 3.94. The first-order valence-corrected chi connectivity index (χ1v) is 9.38. The van der Waals surface area contributed by atoms with Gasteiger partial charge in [0.2, 0.25) is 0 Å². The summed E-state index contributed by atoms with van der Waals surface area (Å²) in [7, 11) is 0. The highest BCUT2D eigenvalue weighted by Gasteiger charge is 2.17. The number of ether oxygens (including phenoxy) is 2. The number of amides is 2. The quantitative estimate of drug-likeness (QED) is 0.857. The number of urea groups is 1. The normalized spacial score (nSPS) is 15.3. The van der Waals surface area contributed by atoms with Crippen molar-refractivity contribution in [3.8, 4) is 5.75 Å². The van der Waals surface area contributed by atoms with Gasteiger partial charge in [-0.3, -0.25) is 0 Å². The number of halogens is 1. The van der Waals surface area contributed by atoms with Crippen LogP contribution in [0.25, 0.3) is 0 Å².